The van der Waals surface area contributed by atoms with Crippen molar-refractivity contribution in [2.75, 3.05) is 5.32 Å². The van der Waals surface area contributed by atoms with Gasteiger partial charge in [-0.05, 0) is 19.9 Å². The molecule has 0 aliphatic carbocycles. The van der Waals surface area contributed by atoms with E-state index in [-0.39, 0.29) is 11.8 Å². The molecule has 1 aromatic carbocycles. The summed E-state index contributed by atoms with van der Waals surface area (Å²) in [7, 11) is 1.86. The van der Waals surface area contributed by atoms with E-state index >= 15 is 0 Å². The van der Waals surface area contributed by atoms with Crippen LogP contribution in [0.15, 0.2) is 24.3 Å². The summed E-state index contributed by atoms with van der Waals surface area (Å²) in [6, 6.07) is 5.77. The molecule has 96 valence electrons. The Kier molecular flexibility index (Phi) is 3.23. The van der Waals surface area contributed by atoms with Crippen LogP contribution in [-0.4, -0.2) is 14.9 Å². The number of phenolic OH excluding ortho intramolecular Hbond substituents is 1. The van der Waals surface area contributed by atoms with Gasteiger partial charge in [0.15, 0.2) is 0 Å². The van der Waals surface area contributed by atoms with Gasteiger partial charge >= 0.3 is 0 Å². The van der Waals surface area contributed by atoms with Crippen molar-refractivity contribution < 1.29 is 9.50 Å². The molecular weight excluding hydrogens is 233 g/mol. The van der Waals surface area contributed by atoms with E-state index in [1.165, 1.54) is 6.07 Å². The zero-order valence-electron chi connectivity index (χ0n) is 10.6. The van der Waals surface area contributed by atoms with Crippen LogP contribution >= 0.6 is 0 Å². The lowest BCUT2D eigenvalue weighted by atomic mass is 10.1. The van der Waals surface area contributed by atoms with Crippen LogP contribution in [0.5, 0.6) is 5.75 Å². The third kappa shape index (κ3) is 2.45. The van der Waals surface area contributed by atoms with Crippen LogP contribution in [0.25, 0.3) is 0 Å². The monoisotopic (exact) mass is 249 g/mol. The molecule has 5 heteroatoms. The van der Waals surface area contributed by atoms with Gasteiger partial charge in [0, 0.05) is 30.4 Å². The molecule has 0 radical (unpaired) electrons. The Balaban J connectivity index is 2.19. The number of rotatable bonds is 3. The van der Waals surface area contributed by atoms with Crippen LogP contribution < -0.4 is 5.32 Å². The maximum atomic E-state index is 12.9. The molecule has 0 saturated carbocycles. The van der Waals surface area contributed by atoms with Crippen LogP contribution in [0.1, 0.15) is 24.2 Å². The van der Waals surface area contributed by atoms with Crippen molar-refractivity contribution in [3.63, 3.8) is 0 Å². The maximum absolute atomic E-state index is 12.9. The standard InChI is InChI=1S/C13H16FN3O/c1-8-6-13(16-17(8)3)15-9(2)11-5-4-10(14)7-12(11)18/h4-7,9,18H,1-3H3,(H,15,16). The van der Waals surface area contributed by atoms with Gasteiger partial charge < -0.3 is 10.4 Å². The number of aryl methyl sites for hydroxylation is 2. The average Bonchev–Trinajstić information content (AvgIpc) is 2.57. The molecule has 0 aliphatic heterocycles. The van der Waals surface area contributed by atoms with Crippen LogP contribution in [-0.2, 0) is 7.05 Å². The molecule has 4 nitrogen and oxygen atoms in total. The predicted octanol–water partition coefficient (Wildman–Crippen LogP) is 2.75. The zero-order chi connectivity index (χ0) is 13.3. The van der Waals surface area contributed by atoms with E-state index in [9.17, 15) is 9.50 Å². The molecule has 0 spiro atoms. The van der Waals surface area contributed by atoms with E-state index in [0.717, 1.165) is 17.6 Å². The summed E-state index contributed by atoms with van der Waals surface area (Å²) < 4.78 is 14.7. The number of nitrogens with one attached hydrogen (secondary N) is 1. The summed E-state index contributed by atoms with van der Waals surface area (Å²) in [6.07, 6.45) is 0. The molecule has 1 heterocycles. The van der Waals surface area contributed by atoms with Gasteiger partial charge in [-0.3, -0.25) is 4.68 Å². The maximum Gasteiger partial charge on any atom is 0.148 e. The fourth-order valence-corrected chi connectivity index (χ4v) is 1.81. The SMILES string of the molecule is Cc1cc(NC(C)c2ccc(F)cc2O)nn1C. The highest BCUT2D eigenvalue weighted by Gasteiger charge is 2.12. The number of benzene rings is 1. The summed E-state index contributed by atoms with van der Waals surface area (Å²) >= 11 is 0. The van der Waals surface area contributed by atoms with Crippen molar-refractivity contribution in [3.05, 3.63) is 41.3 Å². The van der Waals surface area contributed by atoms with Crippen molar-refractivity contribution in [2.24, 2.45) is 7.05 Å². The molecule has 0 saturated heterocycles. The highest BCUT2D eigenvalue weighted by Crippen LogP contribution is 2.27. The van der Waals surface area contributed by atoms with E-state index < -0.39 is 5.82 Å². The quantitative estimate of drug-likeness (QED) is 0.879. The van der Waals surface area contributed by atoms with Gasteiger partial charge in [-0.2, -0.15) is 5.10 Å². The highest BCUT2D eigenvalue weighted by molar-refractivity contribution is 5.43. The number of nitrogens with zero attached hydrogens (tertiary/aromatic N) is 2. The lowest BCUT2D eigenvalue weighted by molar-refractivity contribution is 0.459. The Morgan fingerprint density at radius 3 is 2.67 bits per heavy atom. The molecule has 2 N–H and O–H groups in total. The summed E-state index contributed by atoms with van der Waals surface area (Å²) in [4.78, 5) is 0. The fourth-order valence-electron chi connectivity index (χ4n) is 1.81. The largest absolute Gasteiger partial charge is 0.507 e. The summed E-state index contributed by atoms with van der Waals surface area (Å²) in [6.45, 7) is 3.84. The van der Waals surface area contributed by atoms with Gasteiger partial charge in [0.1, 0.15) is 17.4 Å². The lowest BCUT2D eigenvalue weighted by Crippen LogP contribution is -2.07. The van der Waals surface area contributed by atoms with Gasteiger partial charge in [0.05, 0.1) is 6.04 Å². The number of hydrogen-bond donors (Lipinski definition) is 2. The van der Waals surface area contributed by atoms with Crippen LogP contribution in [0, 0.1) is 12.7 Å². The second kappa shape index (κ2) is 4.68. The molecule has 0 aliphatic rings. The number of anilines is 1. The molecule has 2 rings (SSSR count). The fraction of sp³-hybridized carbons (Fsp3) is 0.308. The van der Waals surface area contributed by atoms with E-state index in [2.05, 4.69) is 10.4 Å². The van der Waals surface area contributed by atoms with Gasteiger partial charge in [-0.25, -0.2) is 4.39 Å². The number of hydrogen-bond acceptors (Lipinski definition) is 3. The number of halogens is 1. The molecule has 18 heavy (non-hydrogen) atoms. The minimum Gasteiger partial charge on any atom is -0.507 e. The van der Waals surface area contributed by atoms with E-state index in [1.54, 1.807) is 10.7 Å². The van der Waals surface area contributed by atoms with Crippen LogP contribution in [0.2, 0.25) is 0 Å². The topological polar surface area (TPSA) is 50.1 Å². The lowest BCUT2D eigenvalue weighted by Gasteiger charge is -2.14. The zero-order valence-corrected chi connectivity index (χ0v) is 10.6. The Hall–Kier alpha value is -2.04. The first kappa shape index (κ1) is 12.4. The summed E-state index contributed by atoms with van der Waals surface area (Å²) in [5.41, 5.74) is 1.67. The van der Waals surface area contributed by atoms with Crippen molar-refractivity contribution >= 4 is 5.82 Å². The predicted molar refractivity (Wildman–Crippen MR) is 68.0 cm³/mol. The Labute approximate surface area is 105 Å². The second-order valence-electron chi connectivity index (χ2n) is 4.36. The molecule has 0 bridgehead atoms. The first-order valence-corrected chi connectivity index (χ1v) is 5.73. The highest BCUT2D eigenvalue weighted by atomic mass is 19.1. The van der Waals surface area contributed by atoms with Crippen molar-refractivity contribution in [3.8, 4) is 5.75 Å². The number of aromatic nitrogens is 2. The molecule has 1 aromatic heterocycles. The normalized spacial score (nSPS) is 12.4. The van der Waals surface area contributed by atoms with Crippen molar-refractivity contribution in [1.29, 1.82) is 0 Å². The second-order valence-corrected chi connectivity index (χ2v) is 4.36. The van der Waals surface area contributed by atoms with Gasteiger partial charge in [-0.1, -0.05) is 6.07 Å². The Bertz CT molecular complexity index is 546. The van der Waals surface area contributed by atoms with Crippen LogP contribution in [0.4, 0.5) is 10.2 Å². The minimum absolute atomic E-state index is 0.0531. The molecular formula is C13H16FN3O. The van der Waals surface area contributed by atoms with E-state index in [0.29, 0.717) is 5.56 Å². The molecule has 0 amide bonds. The summed E-state index contributed by atoms with van der Waals surface area (Å²) in [5, 5.41) is 17.1. The number of phenols is 1. The Morgan fingerprint density at radius 2 is 2.11 bits per heavy atom. The molecule has 0 fully saturated rings. The van der Waals surface area contributed by atoms with E-state index in [1.807, 2.05) is 27.0 Å². The smallest absolute Gasteiger partial charge is 0.148 e. The average molecular weight is 249 g/mol. The molecule has 2 aromatic rings. The van der Waals surface area contributed by atoms with Gasteiger partial charge in [-0.15, -0.1) is 0 Å². The summed E-state index contributed by atoms with van der Waals surface area (Å²) in [5.74, 6) is 0.228. The van der Waals surface area contributed by atoms with Crippen molar-refractivity contribution in [2.45, 2.75) is 19.9 Å². The number of aromatic hydroxyl groups is 1. The minimum atomic E-state index is -0.447. The molecule has 1 unspecified atom stereocenters. The van der Waals surface area contributed by atoms with Gasteiger partial charge in [0.25, 0.3) is 0 Å². The molecule has 1 atom stereocenters. The first-order valence-electron chi connectivity index (χ1n) is 5.73. The van der Waals surface area contributed by atoms with E-state index in [4.69, 9.17) is 0 Å². The van der Waals surface area contributed by atoms with Gasteiger partial charge in [0.2, 0.25) is 0 Å². The van der Waals surface area contributed by atoms with Crippen LogP contribution in [0.3, 0.4) is 0 Å². The van der Waals surface area contributed by atoms with Crippen molar-refractivity contribution in [1.82, 2.24) is 9.78 Å². The third-order valence-corrected chi connectivity index (χ3v) is 2.94. The Morgan fingerprint density at radius 1 is 1.39 bits per heavy atom. The first-order chi connectivity index (χ1) is 8.47. The third-order valence-electron chi connectivity index (χ3n) is 2.94.